The Kier molecular flexibility index (Phi) is 3.25. The molecule has 0 aromatic carbocycles. The van der Waals surface area contributed by atoms with E-state index in [2.05, 4.69) is 22.1 Å². The zero-order valence-corrected chi connectivity index (χ0v) is 10.1. The molecule has 0 atom stereocenters. The van der Waals surface area contributed by atoms with Crippen LogP contribution in [0.3, 0.4) is 0 Å². The normalized spacial score (nSPS) is 21.2. The molecule has 0 saturated carbocycles. The maximum absolute atomic E-state index is 10.4. The second-order valence-corrected chi connectivity index (χ2v) is 4.72. The predicted octanol–water partition coefficient (Wildman–Crippen LogP) is 0.204. The first kappa shape index (κ1) is 11.5. The Bertz CT molecular complexity index is 342. The highest BCUT2D eigenvalue weighted by Gasteiger charge is 2.32. The van der Waals surface area contributed by atoms with Crippen LogP contribution in [0.4, 0.5) is 0 Å². The molecule has 1 aliphatic heterocycles. The maximum Gasteiger partial charge on any atom is 0.0855 e. The van der Waals surface area contributed by atoms with Crippen LogP contribution in [-0.4, -0.2) is 50.2 Å². The lowest BCUT2D eigenvalue weighted by molar-refractivity contribution is -0.0201. The Balaban J connectivity index is 1.94. The van der Waals surface area contributed by atoms with Crippen molar-refractivity contribution in [2.45, 2.75) is 31.8 Å². The minimum Gasteiger partial charge on any atom is -0.389 e. The molecule has 0 amide bonds. The van der Waals surface area contributed by atoms with Crippen LogP contribution in [-0.2, 0) is 13.5 Å². The van der Waals surface area contributed by atoms with Crippen molar-refractivity contribution < 1.29 is 5.11 Å². The highest BCUT2D eigenvalue weighted by atomic mass is 16.3. The van der Waals surface area contributed by atoms with E-state index in [1.807, 2.05) is 13.2 Å². The molecule has 2 heterocycles. The van der Waals surface area contributed by atoms with Crippen LogP contribution in [0, 0.1) is 0 Å². The summed E-state index contributed by atoms with van der Waals surface area (Å²) in [6.07, 6.45) is 4.16. The van der Waals surface area contributed by atoms with Gasteiger partial charge < -0.3 is 10.0 Å². The van der Waals surface area contributed by atoms with Gasteiger partial charge in [0, 0.05) is 32.8 Å². The molecule has 16 heavy (non-hydrogen) atoms. The van der Waals surface area contributed by atoms with Gasteiger partial charge in [-0.1, -0.05) is 12.1 Å². The maximum atomic E-state index is 10.4. The van der Waals surface area contributed by atoms with Gasteiger partial charge in [-0.3, -0.25) is 4.68 Å². The molecular weight excluding hydrogens is 204 g/mol. The molecule has 0 aliphatic carbocycles. The van der Waals surface area contributed by atoms with Crippen LogP contribution >= 0.6 is 0 Å². The van der Waals surface area contributed by atoms with Crippen LogP contribution in [0.5, 0.6) is 0 Å². The molecule has 2 rings (SSSR count). The van der Waals surface area contributed by atoms with E-state index < -0.39 is 5.60 Å². The first-order chi connectivity index (χ1) is 7.61. The Morgan fingerprint density at radius 2 is 2.12 bits per heavy atom. The minimum atomic E-state index is -0.582. The van der Waals surface area contributed by atoms with E-state index in [1.54, 1.807) is 4.68 Å². The number of piperidine rings is 1. The van der Waals surface area contributed by atoms with Crippen LogP contribution in [0.1, 0.15) is 25.5 Å². The molecule has 5 nitrogen and oxygen atoms in total. The van der Waals surface area contributed by atoms with Crippen molar-refractivity contribution in [3.8, 4) is 0 Å². The van der Waals surface area contributed by atoms with Gasteiger partial charge in [0.1, 0.15) is 0 Å². The van der Waals surface area contributed by atoms with Crippen molar-refractivity contribution >= 4 is 0 Å². The van der Waals surface area contributed by atoms with E-state index in [-0.39, 0.29) is 0 Å². The summed E-state index contributed by atoms with van der Waals surface area (Å²) in [5.41, 5.74) is 0.303. The first-order valence-corrected chi connectivity index (χ1v) is 5.91. The average molecular weight is 224 g/mol. The summed E-state index contributed by atoms with van der Waals surface area (Å²) in [6.45, 7) is 5.19. The minimum absolute atomic E-state index is 0.582. The van der Waals surface area contributed by atoms with Gasteiger partial charge in [-0.2, -0.15) is 0 Å². The van der Waals surface area contributed by atoms with E-state index in [4.69, 9.17) is 0 Å². The van der Waals surface area contributed by atoms with Gasteiger partial charge in [0.05, 0.1) is 11.3 Å². The summed E-state index contributed by atoms with van der Waals surface area (Å²) in [5.74, 6) is 0. The Morgan fingerprint density at radius 1 is 1.44 bits per heavy atom. The standard InChI is InChI=1S/C11H20N4O/c1-3-15-6-4-11(16,5-7-15)8-10-9-14(2)13-12-10/h9,16H,3-8H2,1-2H3. The third kappa shape index (κ3) is 2.59. The average Bonchev–Trinajstić information content (AvgIpc) is 2.64. The summed E-state index contributed by atoms with van der Waals surface area (Å²) < 4.78 is 1.68. The summed E-state index contributed by atoms with van der Waals surface area (Å²) in [6, 6.07) is 0. The van der Waals surface area contributed by atoms with Gasteiger partial charge in [0.15, 0.2) is 0 Å². The molecule has 1 aromatic rings. The molecule has 90 valence electrons. The first-order valence-electron chi connectivity index (χ1n) is 5.91. The molecule has 1 saturated heterocycles. The fraction of sp³-hybridized carbons (Fsp3) is 0.818. The number of hydrogen-bond acceptors (Lipinski definition) is 4. The van der Waals surface area contributed by atoms with Gasteiger partial charge in [-0.05, 0) is 19.4 Å². The van der Waals surface area contributed by atoms with Gasteiger partial charge in [0.25, 0.3) is 0 Å². The predicted molar refractivity (Wildman–Crippen MR) is 61.0 cm³/mol. The highest BCUT2D eigenvalue weighted by molar-refractivity contribution is 5.01. The number of hydrogen-bond donors (Lipinski definition) is 1. The molecule has 0 bridgehead atoms. The number of aryl methyl sites for hydroxylation is 1. The number of aliphatic hydroxyl groups is 1. The lowest BCUT2D eigenvalue weighted by Gasteiger charge is -2.37. The van der Waals surface area contributed by atoms with Gasteiger partial charge in [0.2, 0.25) is 0 Å². The van der Waals surface area contributed by atoms with Crippen LogP contribution in [0.2, 0.25) is 0 Å². The van der Waals surface area contributed by atoms with Crippen LogP contribution in [0.15, 0.2) is 6.20 Å². The van der Waals surface area contributed by atoms with E-state index in [1.165, 1.54) is 0 Å². The number of aromatic nitrogens is 3. The van der Waals surface area contributed by atoms with Crippen molar-refractivity contribution in [2.24, 2.45) is 7.05 Å². The summed E-state index contributed by atoms with van der Waals surface area (Å²) in [4.78, 5) is 2.37. The van der Waals surface area contributed by atoms with Crippen molar-refractivity contribution in [1.82, 2.24) is 19.9 Å². The number of likely N-dealkylation sites (tertiary alicyclic amines) is 1. The fourth-order valence-corrected chi connectivity index (χ4v) is 2.28. The Morgan fingerprint density at radius 3 is 2.62 bits per heavy atom. The summed E-state index contributed by atoms with van der Waals surface area (Å²) >= 11 is 0. The third-order valence-electron chi connectivity index (χ3n) is 3.39. The van der Waals surface area contributed by atoms with Crippen LogP contribution < -0.4 is 0 Å². The smallest absolute Gasteiger partial charge is 0.0855 e. The lowest BCUT2D eigenvalue weighted by Crippen LogP contribution is -2.45. The van der Waals surface area contributed by atoms with Gasteiger partial charge >= 0.3 is 0 Å². The van der Waals surface area contributed by atoms with Crippen molar-refractivity contribution in [2.75, 3.05) is 19.6 Å². The lowest BCUT2D eigenvalue weighted by atomic mass is 9.87. The summed E-state index contributed by atoms with van der Waals surface area (Å²) in [7, 11) is 1.85. The van der Waals surface area contributed by atoms with Crippen LogP contribution in [0.25, 0.3) is 0 Å². The number of nitrogens with zero attached hydrogens (tertiary/aromatic N) is 4. The quantitative estimate of drug-likeness (QED) is 0.797. The second-order valence-electron chi connectivity index (χ2n) is 4.72. The van der Waals surface area contributed by atoms with E-state index in [0.29, 0.717) is 6.42 Å². The molecule has 0 radical (unpaired) electrons. The largest absolute Gasteiger partial charge is 0.389 e. The number of rotatable bonds is 3. The molecule has 1 aliphatic rings. The SMILES string of the molecule is CCN1CCC(O)(Cc2cn(C)nn2)CC1. The molecule has 1 fully saturated rings. The van der Waals surface area contributed by atoms with E-state index >= 15 is 0 Å². The van der Waals surface area contributed by atoms with E-state index in [9.17, 15) is 5.11 Å². The molecule has 1 aromatic heterocycles. The third-order valence-corrected chi connectivity index (χ3v) is 3.39. The van der Waals surface area contributed by atoms with E-state index in [0.717, 1.165) is 38.2 Å². The Hall–Kier alpha value is -0.940. The molecular formula is C11H20N4O. The van der Waals surface area contributed by atoms with Gasteiger partial charge in [-0.25, -0.2) is 0 Å². The molecule has 1 N–H and O–H groups in total. The van der Waals surface area contributed by atoms with Crippen molar-refractivity contribution in [3.63, 3.8) is 0 Å². The van der Waals surface area contributed by atoms with Gasteiger partial charge in [-0.15, -0.1) is 5.10 Å². The highest BCUT2D eigenvalue weighted by Crippen LogP contribution is 2.25. The zero-order valence-electron chi connectivity index (χ0n) is 10.1. The molecule has 0 unspecified atom stereocenters. The molecule has 5 heteroatoms. The second kappa shape index (κ2) is 4.51. The molecule has 0 spiro atoms. The zero-order chi connectivity index (χ0) is 11.6. The summed E-state index contributed by atoms with van der Waals surface area (Å²) in [5, 5.41) is 18.4. The fourth-order valence-electron chi connectivity index (χ4n) is 2.28. The van der Waals surface area contributed by atoms with Crippen molar-refractivity contribution in [1.29, 1.82) is 0 Å². The Labute approximate surface area is 96.1 Å². The topological polar surface area (TPSA) is 54.2 Å². The monoisotopic (exact) mass is 224 g/mol. The van der Waals surface area contributed by atoms with Crippen molar-refractivity contribution in [3.05, 3.63) is 11.9 Å².